The second-order valence-electron chi connectivity index (χ2n) is 5.41. The van der Waals surface area contributed by atoms with Crippen LogP contribution in [0, 0.1) is 5.92 Å². The summed E-state index contributed by atoms with van der Waals surface area (Å²) in [6.07, 6.45) is 4.16. The summed E-state index contributed by atoms with van der Waals surface area (Å²) in [5.74, 6) is 0.491. The fourth-order valence-electron chi connectivity index (χ4n) is 2.66. The van der Waals surface area contributed by atoms with Crippen LogP contribution >= 0.6 is 22.7 Å². The van der Waals surface area contributed by atoms with Crippen LogP contribution in [-0.4, -0.2) is 30.6 Å². The molecule has 3 heterocycles. The van der Waals surface area contributed by atoms with Gasteiger partial charge in [0, 0.05) is 36.1 Å². The van der Waals surface area contributed by atoms with Crippen molar-refractivity contribution in [3.8, 4) is 0 Å². The lowest BCUT2D eigenvalue weighted by molar-refractivity contribution is 0.237. The minimum absolute atomic E-state index is 0.0835. The fraction of sp³-hybridized carbons (Fsp3) is 0.467. The van der Waals surface area contributed by atoms with Crippen molar-refractivity contribution < 1.29 is 4.79 Å². The summed E-state index contributed by atoms with van der Waals surface area (Å²) in [6, 6.07) is 3.94. The summed E-state index contributed by atoms with van der Waals surface area (Å²) in [5, 5.41) is 11.0. The van der Waals surface area contributed by atoms with Crippen LogP contribution in [0.3, 0.4) is 0 Å². The summed E-state index contributed by atoms with van der Waals surface area (Å²) in [4.78, 5) is 19.7. The molecule has 2 aromatic rings. The van der Waals surface area contributed by atoms with E-state index in [1.165, 1.54) is 4.88 Å². The number of hydrogen-bond donors (Lipinski definition) is 2. The maximum atomic E-state index is 11.8. The zero-order valence-corrected chi connectivity index (χ0v) is 14.0. The number of urea groups is 1. The van der Waals surface area contributed by atoms with Crippen molar-refractivity contribution in [3.63, 3.8) is 0 Å². The molecule has 22 heavy (non-hydrogen) atoms. The molecule has 1 unspecified atom stereocenters. The highest BCUT2D eigenvalue weighted by molar-refractivity contribution is 7.13. The maximum Gasteiger partial charge on any atom is 0.315 e. The molecular weight excluding hydrogens is 316 g/mol. The van der Waals surface area contributed by atoms with E-state index >= 15 is 0 Å². The van der Waals surface area contributed by atoms with Crippen LogP contribution in [0.5, 0.6) is 0 Å². The second kappa shape index (κ2) is 7.60. The standard InChI is InChI=1S/C15H20N4OS2/c20-14(18-10-13-4-2-7-21-13)17-9-12-3-1-6-19(11-12)15-16-5-8-22-15/h2,4-5,7-8,12H,1,3,6,9-11H2,(H2,17,18,20). The first kappa shape index (κ1) is 15.3. The number of hydrogen-bond acceptors (Lipinski definition) is 5. The van der Waals surface area contributed by atoms with E-state index in [1.54, 1.807) is 22.7 Å². The minimum atomic E-state index is -0.0835. The molecule has 0 aromatic carbocycles. The Morgan fingerprint density at radius 3 is 3.09 bits per heavy atom. The van der Waals surface area contributed by atoms with Crippen molar-refractivity contribution >= 4 is 33.8 Å². The van der Waals surface area contributed by atoms with E-state index in [9.17, 15) is 4.79 Å². The van der Waals surface area contributed by atoms with Gasteiger partial charge in [-0.3, -0.25) is 0 Å². The zero-order valence-electron chi connectivity index (χ0n) is 12.3. The van der Waals surface area contributed by atoms with Gasteiger partial charge in [-0.05, 0) is 30.2 Å². The van der Waals surface area contributed by atoms with Gasteiger partial charge in [-0.25, -0.2) is 9.78 Å². The zero-order chi connectivity index (χ0) is 15.2. The van der Waals surface area contributed by atoms with E-state index in [0.29, 0.717) is 12.5 Å². The monoisotopic (exact) mass is 336 g/mol. The predicted octanol–water partition coefficient (Wildman–Crippen LogP) is 2.92. The maximum absolute atomic E-state index is 11.8. The fourth-order valence-corrected chi connectivity index (χ4v) is 3.98. The Morgan fingerprint density at radius 1 is 1.36 bits per heavy atom. The molecule has 5 nitrogen and oxygen atoms in total. The van der Waals surface area contributed by atoms with Gasteiger partial charge in [0.25, 0.3) is 0 Å². The van der Waals surface area contributed by atoms with Crippen molar-refractivity contribution in [1.82, 2.24) is 15.6 Å². The summed E-state index contributed by atoms with van der Waals surface area (Å²) >= 11 is 3.33. The average Bonchev–Trinajstić information content (AvgIpc) is 3.24. The topological polar surface area (TPSA) is 57.3 Å². The number of nitrogens with one attached hydrogen (secondary N) is 2. The molecule has 0 saturated carbocycles. The molecule has 0 spiro atoms. The van der Waals surface area contributed by atoms with E-state index in [0.717, 1.165) is 37.6 Å². The van der Waals surface area contributed by atoms with Crippen molar-refractivity contribution in [2.75, 3.05) is 24.5 Å². The lowest BCUT2D eigenvalue weighted by Gasteiger charge is -2.32. The normalized spacial score (nSPS) is 18.2. The van der Waals surface area contributed by atoms with Gasteiger partial charge < -0.3 is 15.5 Å². The Balaban J connectivity index is 1.40. The van der Waals surface area contributed by atoms with Crippen LogP contribution in [-0.2, 0) is 6.54 Å². The molecule has 1 aliphatic heterocycles. The van der Waals surface area contributed by atoms with Crippen molar-refractivity contribution in [3.05, 3.63) is 34.0 Å². The summed E-state index contributed by atoms with van der Waals surface area (Å²) in [6.45, 7) is 3.35. The van der Waals surface area contributed by atoms with Crippen LogP contribution in [0.25, 0.3) is 0 Å². The quantitative estimate of drug-likeness (QED) is 0.883. The van der Waals surface area contributed by atoms with E-state index in [-0.39, 0.29) is 6.03 Å². The first-order chi connectivity index (χ1) is 10.8. The largest absolute Gasteiger partial charge is 0.348 e. The molecule has 0 bridgehead atoms. The molecule has 2 aromatic heterocycles. The van der Waals surface area contributed by atoms with Crippen LogP contribution in [0.1, 0.15) is 17.7 Å². The second-order valence-corrected chi connectivity index (χ2v) is 7.32. The molecule has 2 amide bonds. The van der Waals surface area contributed by atoms with E-state index < -0.39 is 0 Å². The third kappa shape index (κ3) is 4.20. The number of carbonyl (C=O) groups is 1. The lowest BCUT2D eigenvalue weighted by Crippen LogP contribution is -2.43. The average molecular weight is 336 g/mol. The third-order valence-electron chi connectivity index (χ3n) is 3.76. The van der Waals surface area contributed by atoms with Crippen LogP contribution in [0.4, 0.5) is 9.93 Å². The van der Waals surface area contributed by atoms with E-state index in [4.69, 9.17) is 0 Å². The molecule has 3 rings (SSSR count). The molecule has 1 atom stereocenters. The number of amides is 2. The number of thiazole rings is 1. The molecule has 7 heteroatoms. The Labute approximate surface area is 138 Å². The third-order valence-corrected chi connectivity index (χ3v) is 5.47. The Bertz CT molecular complexity index is 570. The van der Waals surface area contributed by atoms with Gasteiger partial charge in [-0.15, -0.1) is 22.7 Å². The van der Waals surface area contributed by atoms with Gasteiger partial charge >= 0.3 is 6.03 Å². The molecule has 118 valence electrons. The van der Waals surface area contributed by atoms with Gasteiger partial charge in [-0.1, -0.05) is 6.07 Å². The number of piperidine rings is 1. The van der Waals surface area contributed by atoms with E-state index in [2.05, 4.69) is 20.5 Å². The first-order valence-corrected chi connectivity index (χ1v) is 9.26. The summed E-state index contributed by atoms with van der Waals surface area (Å²) < 4.78 is 0. The molecule has 2 N–H and O–H groups in total. The highest BCUT2D eigenvalue weighted by atomic mass is 32.1. The number of nitrogens with zero attached hydrogens (tertiary/aromatic N) is 2. The number of anilines is 1. The van der Waals surface area contributed by atoms with Gasteiger partial charge in [0.05, 0.1) is 6.54 Å². The molecule has 1 saturated heterocycles. The predicted molar refractivity (Wildman–Crippen MR) is 91.6 cm³/mol. The minimum Gasteiger partial charge on any atom is -0.348 e. The van der Waals surface area contributed by atoms with E-state index in [1.807, 2.05) is 29.1 Å². The summed E-state index contributed by atoms with van der Waals surface area (Å²) in [7, 11) is 0. The highest BCUT2D eigenvalue weighted by Gasteiger charge is 2.21. The van der Waals surface area contributed by atoms with Gasteiger partial charge in [0.15, 0.2) is 5.13 Å². The van der Waals surface area contributed by atoms with Gasteiger partial charge in [0.1, 0.15) is 0 Å². The number of aromatic nitrogens is 1. The van der Waals surface area contributed by atoms with Crippen molar-refractivity contribution in [2.45, 2.75) is 19.4 Å². The molecule has 0 aliphatic carbocycles. The number of carbonyl (C=O) groups excluding carboxylic acids is 1. The van der Waals surface area contributed by atoms with Gasteiger partial charge in [0.2, 0.25) is 0 Å². The van der Waals surface area contributed by atoms with Crippen LogP contribution in [0.15, 0.2) is 29.1 Å². The number of rotatable bonds is 5. The van der Waals surface area contributed by atoms with Gasteiger partial charge in [-0.2, -0.15) is 0 Å². The molecule has 1 fully saturated rings. The van der Waals surface area contributed by atoms with Crippen LogP contribution in [0.2, 0.25) is 0 Å². The SMILES string of the molecule is O=C(NCc1cccs1)NCC1CCCN(c2nccs2)C1. The molecular formula is C15H20N4OS2. The highest BCUT2D eigenvalue weighted by Crippen LogP contribution is 2.24. The molecule has 0 radical (unpaired) electrons. The van der Waals surface area contributed by atoms with Crippen molar-refractivity contribution in [1.29, 1.82) is 0 Å². The molecule has 1 aliphatic rings. The summed E-state index contributed by atoms with van der Waals surface area (Å²) in [5.41, 5.74) is 0. The Morgan fingerprint density at radius 2 is 2.32 bits per heavy atom. The number of thiophene rings is 1. The van der Waals surface area contributed by atoms with Crippen molar-refractivity contribution in [2.24, 2.45) is 5.92 Å². The van der Waals surface area contributed by atoms with Crippen LogP contribution < -0.4 is 15.5 Å². The Hall–Kier alpha value is -1.60. The lowest BCUT2D eigenvalue weighted by atomic mass is 9.98. The smallest absolute Gasteiger partial charge is 0.315 e. The first-order valence-electron chi connectivity index (χ1n) is 7.50. The Kier molecular flexibility index (Phi) is 5.29.